The minimum absolute atomic E-state index is 0.0136. The van der Waals surface area contributed by atoms with Crippen LogP contribution in [-0.2, 0) is 0 Å². The third-order valence-corrected chi connectivity index (χ3v) is 15.0. The molecule has 9 aromatic carbocycles. The average Bonchev–Trinajstić information content (AvgIpc) is 4.04. The van der Waals surface area contributed by atoms with Crippen LogP contribution in [0.15, 0.2) is 182 Å². The molecule has 0 saturated carbocycles. The van der Waals surface area contributed by atoms with Gasteiger partial charge in [-0.05, 0) is 100.0 Å². The van der Waals surface area contributed by atoms with E-state index in [2.05, 4.69) is 224 Å². The maximum absolute atomic E-state index is 8.07. The molecule has 5 nitrogen and oxygen atoms in total. The van der Waals surface area contributed by atoms with Crippen molar-refractivity contribution in [2.45, 2.75) is 59.3 Å². The smallest absolute Gasteiger partial charge is 0.251 e. The minimum atomic E-state index is -0.0136. The summed E-state index contributed by atoms with van der Waals surface area (Å²) in [5.74, 6) is 2.86. The molecule has 0 unspecified atom stereocenters. The van der Waals surface area contributed by atoms with Crippen molar-refractivity contribution in [3.8, 4) is 28.6 Å². The predicted octanol–water partition coefficient (Wildman–Crippen LogP) is 15.5. The topological polar surface area (TPSA) is 28.4 Å². The summed E-state index contributed by atoms with van der Waals surface area (Å²) in [4.78, 5) is 3.92. The average molecular weight is 903 g/mol. The highest BCUT2D eigenvalue weighted by Crippen LogP contribution is 2.50. The van der Waals surface area contributed by atoms with E-state index in [1.807, 2.05) is 18.2 Å². The molecule has 0 radical (unpaired) electrons. The Morgan fingerprint density at radius 2 is 0.900 bits per heavy atom. The van der Waals surface area contributed by atoms with Crippen LogP contribution in [0.5, 0.6) is 11.5 Å². The number of hydrogen-bond donors (Lipinski definition) is 0. The van der Waals surface area contributed by atoms with Gasteiger partial charge in [0, 0.05) is 55.4 Å². The lowest BCUT2D eigenvalue weighted by atomic mass is 9.34. The normalized spacial score (nSPS) is 12.6. The number of benzene rings is 9. The molecule has 336 valence electrons. The molecule has 0 amide bonds. The second-order valence-corrected chi connectivity index (χ2v) is 20.1. The van der Waals surface area contributed by atoms with Crippen molar-refractivity contribution < 1.29 is 4.74 Å². The molecule has 0 spiro atoms. The second kappa shape index (κ2) is 15.9. The van der Waals surface area contributed by atoms with Gasteiger partial charge in [0.1, 0.15) is 11.5 Å². The molecule has 1 aliphatic heterocycles. The molecule has 4 heterocycles. The third-order valence-electron chi connectivity index (χ3n) is 15.0. The summed E-state index contributed by atoms with van der Waals surface area (Å²) in [6.07, 6.45) is 0. The van der Waals surface area contributed by atoms with Crippen molar-refractivity contribution in [2.75, 3.05) is 0 Å². The van der Waals surface area contributed by atoms with Gasteiger partial charge in [-0.3, -0.25) is 0 Å². The van der Waals surface area contributed by atoms with Crippen LogP contribution in [0.2, 0.25) is 0 Å². The van der Waals surface area contributed by atoms with E-state index in [0.29, 0.717) is 23.4 Å². The Bertz CT molecular complexity index is 4130. The van der Waals surface area contributed by atoms with E-state index in [4.69, 9.17) is 11.3 Å². The summed E-state index contributed by atoms with van der Waals surface area (Å²) in [6.45, 7) is 22.1. The van der Waals surface area contributed by atoms with Crippen LogP contribution in [0, 0.1) is 6.57 Å². The van der Waals surface area contributed by atoms with Crippen molar-refractivity contribution >= 4 is 94.2 Å². The number of nitrogens with zero attached hydrogens (tertiary/aromatic N) is 4. The Balaban J connectivity index is 1.20. The van der Waals surface area contributed by atoms with E-state index in [-0.39, 0.29) is 6.71 Å². The number of hydrogen-bond acceptors (Lipinski definition) is 1. The molecule has 13 rings (SSSR count). The van der Waals surface area contributed by atoms with Crippen LogP contribution < -0.4 is 21.1 Å². The maximum atomic E-state index is 8.07. The Hall–Kier alpha value is -8.27. The predicted molar refractivity (Wildman–Crippen MR) is 296 cm³/mol. The Morgan fingerprint density at radius 3 is 1.44 bits per heavy atom. The summed E-state index contributed by atoms with van der Waals surface area (Å²) in [5, 5.41) is 7.01. The second-order valence-electron chi connectivity index (χ2n) is 20.1. The van der Waals surface area contributed by atoms with Gasteiger partial charge in [-0.25, -0.2) is 4.85 Å². The van der Waals surface area contributed by atoms with Gasteiger partial charge in [-0.1, -0.05) is 168 Å². The zero-order chi connectivity index (χ0) is 47.5. The van der Waals surface area contributed by atoms with E-state index >= 15 is 0 Å². The van der Waals surface area contributed by atoms with E-state index in [1.165, 1.54) is 49.2 Å². The van der Waals surface area contributed by atoms with E-state index in [9.17, 15) is 0 Å². The summed E-state index contributed by atoms with van der Waals surface area (Å²) >= 11 is 0. The number of rotatable bonds is 7. The summed E-state index contributed by atoms with van der Waals surface area (Å²) < 4.78 is 14.5. The first-order valence-corrected chi connectivity index (χ1v) is 24.7. The van der Waals surface area contributed by atoms with Crippen molar-refractivity contribution in [3.63, 3.8) is 0 Å². The fourth-order valence-corrected chi connectivity index (χ4v) is 12.0. The molecule has 0 atom stereocenters. The first-order valence-electron chi connectivity index (χ1n) is 24.7. The van der Waals surface area contributed by atoms with Gasteiger partial charge in [-0.15, -0.1) is 0 Å². The zero-order valence-electron chi connectivity index (χ0n) is 40.3. The highest BCUT2D eigenvalue weighted by Gasteiger charge is 2.37. The van der Waals surface area contributed by atoms with Crippen molar-refractivity contribution in [1.29, 1.82) is 0 Å². The van der Waals surface area contributed by atoms with Crippen LogP contribution >= 0.6 is 0 Å². The van der Waals surface area contributed by atoms with Crippen LogP contribution in [-0.4, -0.2) is 20.4 Å². The van der Waals surface area contributed by atoms with Crippen LogP contribution in [0.3, 0.4) is 0 Å². The lowest BCUT2D eigenvalue weighted by Gasteiger charge is -2.32. The van der Waals surface area contributed by atoms with Gasteiger partial charge in [0.25, 0.3) is 6.71 Å². The SMILES string of the molecule is [C-]#[N+]c1cccc(-n2c3ccccc3c3c4c(c5ccccc5n4-c4ccccc4)c4c(c5ccccc5n4-c4ccc5c(c4)Oc4ccccc4B5c4c(C(C)C)cc(C(C)C)cc4C(C)C)c32)c1. The molecule has 6 heteroatoms. The highest BCUT2D eigenvalue weighted by molar-refractivity contribution is 6.97. The van der Waals surface area contributed by atoms with Crippen LogP contribution in [0.1, 0.15) is 76.0 Å². The minimum Gasteiger partial charge on any atom is -0.458 e. The fraction of sp³-hybridized carbons (Fsp3) is 0.141. The number of aromatic nitrogens is 3. The maximum Gasteiger partial charge on any atom is 0.251 e. The molecule has 0 N–H and O–H groups in total. The van der Waals surface area contributed by atoms with E-state index in [0.717, 1.165) is 77.8 Å². The van der Waals surface area contributed by atoms with Gasteiger partial charge in [0.05, 0.1) is 39.7 Å². The number of para-hydroxylation sites is 5. The van der Waals surface area contributed by atoms with Gasteiger partial charge >= 0.3 is 0 Å². The molecule has 1 aliphatic rings. The van der Waals surface area contributed by atoms with Crippen LogP contribution in [0.4, 0.5) is 5.69 Å². The van der Waals surface area contributed by atoms with Crippen molar-refractivity contribution in [2.24, 2.45) is 0 Å². The lowest BCUT2D eigenvalue weighted by molar-refractivity contribution is 0.487. The zero-order valence-corrected chi connectivity index (χ0v) is 40.3. The van der Waals surface area contributed by atoms with Gasteiger partial charge in [0.2, 0.25) is 0 Å². The lowest BCUT2D eigenvalue weighted by Crippen LogP contribution is -2.57. The third kappa shape index (κ3) is 6.04. The van der Waals surface area contributed by atoms with Gasteiger partial charge in [-0.2, -0.15) is 0 Å². The quantitative estimate of drug-likeness (QED) is 0.116. The van der Waals surface area contributed by atoms with Crippen molar-refractivity contribution in [1.82, 2.24) is 13.7 Å². The van der Waals surface area contributed by atoms with E-state index < -0.39 is 0 Å². The van der Waals surface area contributed by atoms with Gasteiger partial charge < -0.3 is 18.4 Å². The molecular weight excluding hydrogens is 852 g/mol. The molecule has 12 aromatic rings. The number of fused-ring (bicyclic) bond motifs is 14. The Kier molecular flexibility index (Phi) is 9.52. The highest BCUT2D eigenvalue weighted by atomic mass is 16.5. The Labute approximate surface area is 408 Å². The largest absolute Gasteiger partial charge is 0.458 e. The molecule has 0 aliphatic carbocycles. The molecular formula is C64H51BN4O. The Morgan fingerprint density at radius 1 is 0.429 bits per heavy atom. The summed E-state index contributed by atoms with van der Waals surface area (Å²) in [5.41, 5.74) is 18.4. The fourth-order valence-electron chi connectivity index (χ4n) is 12.0. The molecule has 0 fully saturated rings. The van der Waals surface area contributed by atoms with Crippen molar-refractivity contribution in [3.05, 3.63) is 210 Å². The molecule has 0 saturated heterocycles. The first kappa shape index (κ1) is 41.9. The standard InChI is InChI=1S/C64H51BN4O/c1-38(2)41-34-49(39(3)4)61(50(35-41)40(5)6)65-51-27-14-18-31-56(51)70-57-37-45(32-33-52(57)65)69-55-30-17-13-26-48(55)60-63-59(47-25-12-16-29-54(47)68(63)44-23-19-20-42(36-44)66-7)62-58(64(60)69)46-24-11-15-28-53(46)67(62)43-21-9-8-10-22-43/h8-40H,1-6H3. The molecule has 70 heavy (non-hydrogen) atoms. The molecule has 3 aromatic heterocycles. The van der Waals surface area contributed by atoms with E-state index in [1.54, 1.807) is 0 Å². The monoisotopic (exact) mass is 902 g/mol. The van der Waals surface area contributed by atoms with Gasteiger partial charge in [0.15, 0.2) is 5.69 Å². The molecule has 0 bridgehead atoms. The summed E-state index contributed by atoms with van der Waals surface area (Å²) in [6, 6.07) is 66.1. The van der Waals surface area contributed by atoms with Crippen LogP contribution in [0.25, 0.3) is 87.3 Å². The first-order chi connectivity index (χ1) is 34.2. The summed E-state index contributed by atoms with van der Waals surface area (Å²) in [7, 11) is 0. The number of ether oxygens (including phenoxy) is 1.